The highest BCUT2D eigenvalue weighted by molar-refractivity contribution is 5.70. The Morgan fingerprint density at radius 1 is 0.722 bits per heavy atom. The van der Waals surface area contributed by atoms with E-state index in [-0.39, 0.29) is 0 Å². The molecule has 1 aliphatic rings. The number of hydrogen-bond donors (Lipinski definition) is 4. The van der Waals surface area contributed by atoms with E-state index in [9.17, 15) is 9.59 Å². The predicted octanol–water partition coefficient (Wildman–Crippen LogP) is 1.22. The topological polar surface area (TPSA) is 105 Å². The quantitative estimate of drug-likeness (QED) is 0.522. The van der Waals surface area contributed by atoms with Crippen LogP contribution in [0.5, 0.6) is 0 Å². The highest BCUT2D eigenvalue weighted by Crippen LogP contribution is 2.06. The van der Waals surface area contributed by atoms with E-state index in [4.69, 9.17) is 10.2 Å². The van der Waals surface area contributed by atoms with Crippen molar-refractivity contribution in [2.45, 2.75) is 38.5 Å². The Morgan fingerprint density at radius 2 is 1.06 bits per heavy atom. The monoisotopic (exact) mass is 260 g/mol. The van der Waals surface area contributed by atoms with Gasteiger partial charge in [-0.05, 0) is 12.8 Å². The van der Waals surface area contributed by atoms with E-state index < -0.39 is 12.2 Å². The van der Waals surface area contributed by atoms with Crippen molar-refractivity contribution in [1.29, 1.82) is 0 Å². The van der Waals surface area contributed by atoms with Crippen molar-refractivity contribution < 1.29 is 19.8 Å². The second kappa shape index (κ2) is 7.72. The summed E-state index contributed by atoms with van der Waals surface area (Å²) in [6.07, 6.45) is 3.19. The molecule has 0 aromatic carbocycles. The Balaban J connectivity index is 2.64. The molecule has 2 amide bonds. The summed E-state index contributed by atoms with van der Waals surface area (Å²) in [6.45, 7) is 0.857. The van der Waals surface area contributed by atoms with Crippen molar-refractivity contribution in [2.75, 3.05) is 13.1 Å². The molecule has 0 saturated carbocycles. The molecule has 1 saturated heterocycles. The van der Waals surface area contributed by atoms with E-state index in [2.05, 4.69) is 10.9 Å². The van der Waals surface area contributed by atoms with Gasteiger partial charge in [0.05, 0.1) is 0 Å². The predicted molar refractivity (Wildman–Crippen MR) is 63.4 cm³/mol. The number of carbonyl (C=O) groups is 2. The number of nitrogens with zero attached hydrogens (tertiary/aromatic N) is 2. The van der Waals surface area contributed by atoms with Crippen LogP contribution in [0.1, 0.15) is 38.5 Å². The maximum absolute atomic E-state index is 11.0. The smallest absolute Gasteiger partial charge is 0.443 e. The highest BCUT2D eigenvalue weighted by atomic mass is 16.4. The summed E-state index contributed by atoms with van der Waals surface area (Å²) < 4.78 is 0. The second-order valence-electron chi connectivity index (χ2n) is 4.13. The van der Waals surface area contributed by atoms with Gasteiger partial charge in [-0.15, -0.1) is 10.2 Å². The number of nitrogens with one attached hydrogen (secondary N) is 2. The van der Waals surface area contributed by atoms with Crippen LogP contribution in [0.2, 0.25) is 0 Å². The molecule has 0 aromatic rings. The molecule has 8 heteroatoms. The first-order valence-corrected chi connectivity index (χ1v) is 6.16. The maximum Gasteiger partial charge on any atom is 0.443 e. The van der Waals surface area contributed by atoms with Gasteiger partial charge in [0.2, 0.25) is 0 Å². The van der Waals surface area contributed by atoms with Crippen molar-refractivity contribution in [3.05, 3.63) is 0 Å². The van der Waals surface area contributed by atoms with Crippen molar-refractivity contribution in [2.24, 2.45) is 0 Å². The molecule has 18 heavy (non-hydrogen) atoms. The molecule has 1 aliphatic heterocycles. The van der Waals surface area contributed by atoms with Gasteiger partial charge in [0, 0.05) is 13.1 Å². The van der Waals surface area contributed by atoms with Gasteiger partial charge in [-0.25, -0.2) is 20.4 Å². The lowest BCUT2D eigenvalue weighted by atomic mass is 10.1. The molecule has 1 fully saturated rings. The molecule has 0 bridgehead atoms. The number of carboxylic acid groups (broad SMARTS) is 2. The minimum Gasteiger partial charge on any atom is -0.463 e. The standard InChI is InChI=1S/C10H20N4O4/c15-9(16)13-11-7-5-3-1-2-4-6-8-12-14(13)10(17)18/h11-12H,1-8H2,(H,15,16)(H,17,18). The number of amides is 2. The molecule has 0 atom stereocenters. The lowest BCUT2D eigenvalue weighted by Gasteiger charge is -2.30. The number of rotatable bonds is 0. The minimum absolute atomic E-state index is 0.428. The number of hydrazine groups is 3. The van der Waals surface area contributed by atoms with Crippen LogP contribution in [0.3, 0.4) is 0 Å². The lowest BCUT2D eigenvalue weighted by molar-refractivity contribution is -0.0642. The second-order valence-corrected chi connectivity index (χ2v) is 4.13. The molecule has 4 N–H and O–H groups in total. The van der Waals surface area contributed by atoms with E-state index in [1.807, 2.05) is 0 Å². The van der Waals surface area contributed by atoms with Crippen molar-refractivity contribution in [3.8, 4) is 0 Å². The van der Waals surface area contributed by atoms with Crippen molar-refractivity contribution >= 4 is 12.2 Å². The van der Waals surface area contributed by atoms with E-state index in [1.54, 1.807) is 0 Å². The third-order valence-corrected chi connectivity index (χ3v) is 2.69. The molecule has 104 valence electrons. The summed E-state index contributed by atoms with van der Waals surface area (Å²) in [5, 5.41) is 19.1. The van der Waals surface area contributed by atoms with Gasteiger partial charge < -0.3 is 10.2 Å². The van der Waals surface area contributed by atoms with Crippen LogP contribution in [0.4, 0.5) is 9.59 Å². The third-order valence-electron chi connectivity index (χ3n) is 2.69. The Kier molecular flexibility index (Phi) is 6.23. The average Bonchev–Trinajstić information content (AvgIpc) is 2.28. The van der Waals surface area contributed by atoms with Gasteiger partial charge in [-0.2, -0.15) is 0 Å². The molecular formula is C10H20N4O4. The Labute approximate surface area is 105 Å². The molecule has 0 aromatic heterocycles. The van der Waals surface area contributed by atoms with Crippen LogP contribution in [0, 0.1) is 0 Å². The largest absolute Gasteiger partial charge is 0.463 e. The first kappa shape index (κ1) is 14.5. The molecule has 1 heterocycles. The van der Waals surface area contributed by atoms with Crippen LogP contribution in [0.25, 0.3) is 0 Å². The minimum atomic E-state index is -1.36. The molecule has 0 radical (unpaired) electrons. The summed E-state index contributed by atoms with van der Waals surface area (Å²) in [6, 6.07) is 0. The Bertz CT molecular complexity index is 259. The zero-order valence-electron chi connectivity index (χ0n) is 10.3. The summed E-state index contributed by atoms with van der Waals surface area (Å²) in [5.41, 5.74) is 5.17. The Hall–Kier alpha value is -1.54. The van der Waals surface area contributed by atoms with Gasteiger partial charge in [-0.1, -0.05) is 25.7 Å². The van der Waals surface area contributed by atoms with Gasteiger partial charge in [0.25, 0.3) is 0 Å². The van der Waals surface area contributed by atoms with Crippen molar-refractivity contribution in [1.82, 2.24) is 21.1 Å². The van der Waals surface area contributed by atoms with E-state index in [0.29, 0.717) is 23.3 Å². The van der Waals surface area contributed by atoms with Gasteiger partial charge in [0.1, 0.15) is 0 Å². The average molecular weight is 260 g/mol. The summed E-state index contributed by atoms with van der Waals surface area (Å²) in [4.78, 5) is 22.0. The fraction of sp³-hybridized carbons (Fsp3) is 0.800. The molecule has 0 aliphatic carbocycles. The Morgan fingerprint density at radius 3 is 1.39 bits per heavy atom. The van der Waals surface area contributed by atoms with Crippen LogP contribution < -0.4 is 10.9 Å². The molecule has 0 unspecified atom stereocenters. The van der Waals surface area contributed by atoms with Crippen molar-refractivity contribution in [3.63, 3.8) is 0 Å². The van der Waals surface area contributed by atoms with Crippen LogP contribution >= 0.6 is 0 Å². The summed E-state index contributed by atoms with van der Waals surface area (Å²) in [7, 11) is 0. The zero-order valence-corrected chi connectivity index (χ0v) is 10.3. The number of hydrogen-bond acceptors (Lipinski definition) is 4. The first-order chi connectivity index (χ1) is 8.63. The molecule has 0 spiro atoms. The maximum atomic E-state index is 11.0. The normalized spacial score (nSPS) is 19.8. The molecule has 1 rings (SSSR count). The first-order valence-electron chi connectivity index (χ1n) is 6.16. The van der Waals surface area contributed by atoms with E-state index >= 15 is 0 Å². The lowest BCUT2D eigenvalue weighted by Crippen LogP contribution is -2.61. The van der Waals surface area contributed by atoms with E-state index in [0.717, 1.165) is 38.5 Å². The fourth-order valence-corrected chi connectivity index (χ4v) is 1.77. The van der Waals surface area contributed by atoms with Crippen LogP contribution in [0.15, 0.2) is 0 Å². The van der Waals surface area contributed by atoms with Crippen LogP contribution in [-0.2, 0) is 0 Å². The zero-order chi connectivity index (χ0) is 13.4. The van der Waals surface area contributed by atoms with Gasteiger partial charge in [-0.3, -0.25) is 0 Å². The highest BCUT2D eigenvalue weighted by Gasteiger charge is 2.25. The van der Waals surface area contributed by atoms with Gasteiger partial charge >= 0.3 is 12.2 Å². The summed E-state index contributed by atoms with van der Waals surface area (Å²) >= 11 is 0. The van der Waals surface area contributed by atoms with Crippen LogP contribution in [-0.4, -0.2) is 45.7 Å². The van der Waals surface area contributed by atoms with E-state index in [1.165, 1.54) is 0 Å². The summed E-state index contributed by atoms with van der Waals surface area (Å²) in [5.74, 6) is 0. The third kappa shape index (κ3) is 4.76. The fourth-order valence-electron chi connectivity index (χ4n) is 1.77. The molecule has 8 nitrogen and oxygen atoms in total. The SMILES string of the molecule is O=C(O)N1NCCCCCCCCNN1C(=O)O. The van der Waals surface area contributed by atoms with Gasteiger partial charge in [0.15, 0.2) is 0 Å². The molecular weight excluding hydrogens is 240 g/mol.